The van der Waals surface area contributed by atoms with Crippen LogP contribution in [0.25, 0.3) is 23.1 Å². The highest BCUT2D eigenvalue weighted by Gasteiger charge is 2.20. The number of halogens is 1. The first-order valence-corrected chi connectivity index (χ1v) is 18.5. The molecule has 0 bridgehead atoms. The summed E-state index contributed by atoms with van der Waals surface area (Å²) in [5, 5.41) is 11.5. The Hall–Kier alpha value is -2.94. The average molecular weight is 533 g/mol. The molecule has 2 aromatic heterocycles. The molecule has 0 spiro atoms. The summed E-state index contributed by atoms with van der Waals surface area (Å²) in [5.74, 6) is 0.514. The van der Waals surface area contributed by atoms with Crippen molar-refractivity contribution in [2.45, 2.75) is 39.3 Å². The van der Waals surface area contributed by atoms with Crippen molar-refractivity contribution < 1.29 is 22.6 Å². The molecule has 0 unspecified atom stereocenters. The van der Waals surface area contributed by atoms with E-state index >= 15 is 0 Å². The van der Waals surface area contributed by atoms with Crippen LogP contribution in [-0.2, 0) is 8.85 Å². The summed E-state index contributed by atoms with van der Waals surface area (Å²) >= 11 is 0. The second kappa shape index (κ2) is 11.4. The third-order valence-corrected chi connectivity index (χ3v) is 7.08. The van der Waals surface area contributed by atoms with Crippen molar-refractivity contribution in [3.63, 3.8) is 0 Å². The van der Waals surface area contributed by atoms with E-state index in [2.05, 4.69) is 44.3 Å². The Bertz CT molecular complexity index is 1220. The second-order valence-electron chi connectivity index (χ2n) is 10.2. The number of anilines is 1. The summed E-state index contributed by atoms with van der Waals surface area (Å²) in [4.78, 5) is 21.6. The molecule has 3 rings (SSSR count). The van der Waals surface area contributed by atoms with Gasteiger partial charge < -0.3 is 18.2 Å². The molecule has 0 saturated heterocycles. The third-order valence-electron chi connectivity index (χ3n) is 4.94. The van der Waals surface area contributed by atoms with Gasteiger partial charge in [0.15, 0.2) is 22.5 Å². The lowest BCUT2D eigenvalue weighted by molar-refractivity contribution is -0.402. The number of fused-ring (bicyclic) bond motifs is 1. The number of rotatable bonds is 12. The Kier molecular flexibility index (Phi) is 8.77. The first kappa shape index (κ1) is 27.6. The van der Waals surface area contributed by atoms with E-state index in [0.29, 0.717) is 54.6 Å². The fraction of sp³-hybridized carbons (Fsp3) is 0.417. The monoisotopic (exact) mass is 532 g/mol. The lowest BCUT2D eigenvalue weighted by Gasteiger charge is -2.28. The molecule has 3 aromatic rings. The molecule has 0 radical (unpaired) electrons. The third kappa shape index (κ3) is 8.33. The standard InChI is InChI=1S/C24H33FN4O5Si2/c1-35(2,3)32-15-13-28(14-16-33-36(4,5)6)24-20-17-18(25)7-10-21(20)26-22(27-24)11-8-19-9-12-23(34-19)29(30)31/h7-12,17H,13-16H2,1-6H3/b11-8+. The maximum absolute atomic E-state index is 14.2. The minimum absolute atomic E-state index is 0.301. The Morgan fingerprint density at radius 1 is 1.00 bits per heavy atom. The van der Waals surface area contributed by atoms with Gasteiger partial charge in [-0.25, -0.2) is 14.4 Å². The van der Waals surface area contributed by atoms with Crippen LogP contribution >= 0.6 is 0 Å². The predicted octanol–water partition coefficient (Wildman–Crippen LogP) is 5.95. The molecule has 9 nitrogen and oxygen atoms in total. The molecular formula is C24H33FN4O5Si2. The summed E-state index contributed by atoms with van der Waals surface area (Å²) in [7, 11) is -3.46. The number of hydrogen-bond acceptors (Lipinski definition) is 8. The number of nitro groups is 1. The highest BCUT2D eigenvalue weighted by molar-refractivity contribution is 6.70. The van der Waals surface area contributed by atoms with Crippen LogP contribution in [0.2, 0.25) is 39.3 Å². The van der Waals surface area contributed by atoms with Gasteiger partial charge in [-0.15, -0.1) is 0 Å². The maximum atomic E-state index is 14.2. The molecule has 12 heteroatoms. The molecule has 0 saturated carbocycles. The largest absolute Gasteiger partial charge is 0.433 e. The highest BCUT2D eigenvalue weighted by Crippen LogP contribution is 2.26. The van der Waals surface area contributed by atoms with Gasteiger partial charge in [0.25, 0.3) is 0 Å². The van der Waals surface area contributed by atoms with Gasteiger partial charge in [0, 0.05) is 18.5 Å². The van der Waals surface area contributed by atoms with E-state index in [0.717, 1.165) is 0 Å². The lowest BCUT2D eigenvalue weighted by atomic mass is 10.2. The van der Waals surface area contributed by atoms with Crippen LogP contribution in [0.5, 0.6) is 0 Å². The van der Waals surface area contributed by atoms with Crippen LogP contribution in [0.15, 0.2) is 34.7 Å². The van der Waals surface area contributed by atoms with Crippen LogP contribution in [0, 0.1) is 15.9 Å². The zero-order valence-corrected chi connectivity index (χ0v) is 23.6. The van der Waals surface area contributed by atoms with Gasteiger partial charge in [-0.1, -0.05) is 0 Å². The van der Waals surface area contributed by atoms with Gasteiger partial charge >= 0.3 is 5.88 Å². The fourth-order valence-electron chi connectivity index (χ4n) is 3.35. The van der Waals surface area contributed by atoms with Crippen molar-refractivity contribution in [1.82, 2.24) is 9.97 Å². The van der Waals surface area contributed by atoms with Gasteiger partial charge in [0.2, 0.25) is 0 Å². The number of benzene rings is 1. The van der Waals surface area contributed by atoms with E-state index in [9.17, 15) is 14.5 Å². The van der Waals surface area contributed by atoms with Gasteiger partial charge in [0.1, 0.15) is 22.3 Å². The normalized spacial score (nSPS) is 12.5. The van der Waals surface area contributed by atoms with Crippen LogP contribution in [-0.4, -0.2) is 57.8 Å². The van der Waals surface area contributed by atoms with Crippen LogP contribution in [0.4, 0.5) is 16.1 Å². The van der Waals surface area contributed by atoms with E-state index < -0.39 is 21.6 Å². The first-order valence-electron chi connectivity index (χ1n) is 11.7. The maximum Gasteiger partial charge on any atom is 0.433 e. The molecule has 0 amide bonds. The van der Waals surface area contributed by atoms with Gasteiger partial charge in [-0.3, -0.25) is 10.1 Å². The Morgan fingerprint density at radius 2 is 1.64 bits per heavy atom. The SMILES string of the molecule is C[Si](C)(C)OCCN(CCO[Si](C)(C)C)c1nc(/C=C/c2ccc([N+](=O)[O-])o2)nc2ccc(F)cc12. The molecule has 194 valence electrons. The van der Waals surface area contributed by atoms with E-state index in [4.69, 9.17) is 18.3 Å². The molecule has 0 aliphatic heterocycles. The Morgan fingerprint density at radius 3 is 2.19 bits per heavy atom. The van der Waals surface area contributed by atoms with E-state index in [1.165, 1.54) is 24.3 Å². The minimum atomic E-state index is -1.73. The fourth-order valence-corrected chi connectivity index (χ4v) is 4.76. The molecule has 1 aromatic carbocycles. The van der Waals surface area contributed by atoms with Crippen molar-refractivity contribution in [2.24, 2.45) is 0 Å². The highest BCUT2D eigenvalue weighted by atomic mass is 28.4. The van der Waals surface area contributed by atoms with E-state index in [1.54, 1.807) is 18.2 Å². The molecular weight excluding hydrogens is 499 g/mol. The van der Waals surface area contributed by atoms with E-state index in [-0.39, 0.29) is 11.7 Å². The number of nitrogens with zero attached hydrogens (tertiary/aromatic N) is 4. The second-order valence-corrected chi connectivity index (χ2v) is 19.3. The Labute approximate surface area is 212 Å². The minimum Gasteiger partial charge on any atom is -0.416 e. The van der Waals surface area contributed by atoms with Gasteiger partial charge in [0.05, 0.1) is 24.8 Å². The Balaban J connectivity index is 1.98. The van der Waals surface area contributed by atoms with Crippen LogP contribution in [0.3, 0.4) is 0 Å². The first-order chi connectivity index (χ1) is 16.8. The molecule has 0 N–H and O–H groups in total. The molecule has 36 heavy (non-hydrogen) atoms. The van der Waals surface area contributed by atoms with Crippen molar-refractivity contribution in [2.75, 3.05) is 31.2 Å². The quantitative estimate of drug-likeness (QED) is 0.160. The van der Waals surface area contributed by atoms with Gasteiger partial charge in [-0.2, -0.15) is 0 Å². The van der Waals surface area contributed by atoms with Crippen LogP contribution < -0.4 is 4.90 Å². The zero-order chi connectivity index (χ0) is 26.5. The van der Waals surface area contributed by atoms with Crippen molar-refractivity contribution in [3.8, 4) is 0 Å². The smallest absolute Gasteiger partial charge is 0.416 e. The lowest BCUT2D eigenvalue weighted by Crippen LogP contribution is -2.37. The average Bonchev–Trinajstić information content (AvgIpc) is 3.24. The molecule has 0 aliphatic carbocycles. The predicted molar refractivity (Wildman–Crippen MR) is 145 cm³/mol. The summed E-state index contributed by atoms with van der Waals surface area (Å²) in [5.41, 5.74) is 0.578. The summed E-state index contributed by atoms with van der Waals surface area (Å²) in [6.45, 7) is 14.9. The number of aromatic nitrogens is 2. The molecule has 0 aliphatic rings. The zero-order valence-electron chi connectivity index (χ0n) is 21.6. The van der Waals surface area contributed by atoms with Crippen LogP contribution in [0.1, 0.15) is 11.6 Å². The van der Waals surface area contributed by atoms with Crippen molar-refractivity contribution in [1.29, 1.82) is 0 Å². The molecule has 0 fully saturated rings. The van der Waals surface area contributed by atoms with E-state index in [1.807, 2.05) is 4.90 Å². The molecule has 2 heterocycles. The summed E-state index contributed by atoms with van der Waals surface area (Å²) < 4.78 is 31.6. The summed E-state index contributed by atoms with van der Waals surface area (Å²) in [6.07, 6.45) is 3.18. The summed E-state index contributed by atoms with van der Waals surface area (Å²) in [6, 6.07) is 7.18. The number of hydrogen-bond donors (Lipinski definition) is 0. The van der Waals surface area contributed by atoms with Crippen molar-refractivity contribution in [3.05, 3.63) is 57.8 Å². The van der Waals surface area contributed by atoms with Gasteiger partial charge in [-0.05, 0) is 75.7 Å². The number of furan rings is 1. The topological polar surface area (TPSA) is 104 Å². The molecule has 0 atom stereocenters. The van der Waals surface area contributed by atoms with Crippen molar-refractivity contribution >= 4 is 51.4 Å².